The maximum atomic E-state index is 13.6. The third-order valence-corrected chi connectivity index (χ3v) is 3.90. The van der Waals surface area contributed by atoms with Gasteiger partial charge in [0, 0.05) is 16.0 Å². The summed E-state index contributed by atoms with van der Waals surface area (Å²) in [5, 5.41) is 0.661. The molecule has 0 bridgehead atoms. The van der Waals surface area contributed by atoms with Gasteiger partial charge in [0.15, 0.2) is 5.69 Å². The molecule has 0 radical (unpaired) electrons. The first-order valence-corrected chi connectivity index (χ1v) is 7.55. The van der Waals surface area contributed by atoms with Crippen LogP contribution >= 0.6 is 11.6 Å². The lowest BCUT2D eigenvalue weighted by molar-refractivity contribution is -0.141. The molecule has 0 spiro atoms. The van der Waals surface area contributed by atoms with E-state index in [2.05, 4.69) is 9.72 Å². The second kappa shape index (κ2) is 6.37. The molecule has 7 heteroatoms. The fourth-order valence-electron chi connectivity index (χ4n) is 2.65. The molecular formula is C18H11ClF3NO2. The second-order valence-corrected chi connectivity index (χ2v) is 5.66. The molecule has 0 N–H and O–H groups in total. The minimum Gasteiger partial charge on any atom is -0.465 e. The fraction of sp³-hybridized carbons (Fsp3) is 0.111. The van der Waals surface area contributed by atoms with E-state index in [-0.39, 0.29) is 11.1 Å². The molecule has 3 aromatic rings. The van der Waals surface area contributed by atoms with Crippen LogP contribution in [-0.2, 0) is 10.9 Å². The van der Waals surface area contributed by atoms with Gasteiger partial charge in [0.1, 0.15) is 0 Å². The number of alkyl halides is 3. The number of hydrogen-bond acceptors (Lipinski definition) is 3. The van der Waals surface area contributed by atoms with Gasteiger partial charge in [-0.3, -0.25) is 0 Å². The number of aromatic nitrogens is 1. The van der Waals surface area contributed by atoms with Gasteiger partial charge < -0.3 is 4.74 Å². The number of methoxy groups -OCH3 is 1. The second-order valence-electron chi connectivity index (χ2n) is 5.23. The topological polar surface area (TPSA) is 39.2 Å². The summed E-state index contributed by atoms with van der Waals surface area (Å²) in [5.41, 5.74) is -1.30. The van der Waals surface area contributed by atoms with Gasteiger partial charge in [0.2, 0.25) is 0 Å². The highest BCUT2D eigenvalue weighted by atomic mass is 35.5. The van der Waals surface area contributed by atoms with Crippen LogP contribution in [0.3, 0.4) is 0 Å². The van der Waals surface area contributed by atoms with Gasteiger partial charge in [-0.15, -0.1) is 0 Å². The summed E-state index contributed by atoms with van der Waals surface area (Å²) >= 11 is 6.01. The quantitative estimate of drug-likeness (QED) is 0.574. The number of hydrogen-bond donors (Lipinski definition) is 0. The highest BCUT2D eigenvalue weighted by Crippen LogP contribution is 2.40. The smallest absolute Gasteiger partial charge is 0.434 e. The van der Waals surface area contributed by atoms with Gasteiger partial charge in [-0.05, 0) is 23.8 Å². The number of carbonyl (C=O) groups is 1. The first kappa shape index (κ1) is 17.2. The summed E-state index contributed by atoms with van der Waals surface area (Å²) in [7, 11) is 1.03. The Morgan fingerprint density at radius 3 is 2.40 bits per heavy atom. The Morgan fingerprint density at radius 2 is 1.80 bits per heavy atom. The van der Waals surface area contributed by atoms with Crippen LogP contribution in [0.5, 0.6) is 0 Å². The maximum Gasteiger partial charge on any atom is 0.434 e. The van der Waals surface area contributed by atoms with E-state index >= 15 is 0 Å². The van der Waals surface area contributed by atoms with Crippen LogP contribution in [0.1, 0.15) is 16.1 Å². The number of halogens is 4. The molecule has 1 heterocycles. The number of nitrogens with zero attached hydrogens (tertiary/aromatic N) is 1. The molecule has 2 aromatic carbocycles. The van der Waals surface area contributed by atoms with Crippen LogP contribution in [0.4, 0.5) is 13.2 Å². The first-order chi connectivity index (χ1) is 11.8. The Bertz CT molecular complexity index is 956. The monoisotopic (exact) mass is 365 g/mol. The third-order valence-electron chi connectivity index (χ3n) is 3.67. The van der Waals surface area contributed by atoms with E-state index in [9.17, 15) is 18.0 Å². The van der Waals surface area contributed by atoms with E-state index < -0.39 is 23.4 Å². The summed E-state index contributed by atoms with van der Waals surface area (Å²) in [6.45, 7) is 0. The third kappa shape index (κ3) is 3.17. The molecule has 0 aliphatic carbocycles. The Hall–Kier alpha value is -2.60. The van der Waals surface area contributed by atoms with E-state index in [1.54, 1.807) is 30.3 Å². The van der Waals surface area contributed by atoms with Crippen molar-refractivity contribution in [3.63, 3.8) is 0 Å². The minimum atomic E-state index is -4.82. The van der Waals surface area contributed by atoms with Crippen LogP contribution in [0.15, 0.2) is 48.5 Å². The zero-order valence-corrected chi connectivity index (χ0v) is 13.7. The molecule has 1 aromatic heterocycles. The van der Waals surface area contributed by atoms with E-state index in [0.717, 1.165) is 7.11 Å². The van der Waals surface area contributed by atoms with Crippen molar-refractivity contribution in [1.82, 2.24) is 4.98 Å². The molecule has 25 heavy (non-hydrogen) atoms. The summed E-state index contributed by atoms with van der Waals surface area (Å²) in [6.07, 6.45) is -4.82. The van der Waals surface area contributed by atoms with Gasteiger partial charge >= 0.3 is 12.1 Å². The standard InChI is InChI=1S/C18H11ClF3NO2/c1-25-17(24)15-14(10-5-3-2-4-6-10)12-9-11(19)7-8-13(12)23-16(15)18(20,21)22/h2-9H,1H3. The Labute approximate surface area is 146 Å². The Kier molecular flexibility index (Phi) is 4.39. The van der Waals surface area contributed by atoms with E-state index in [0.29, 0.717) is 16.0 Å². The number of carbonyl (C=O) groups excluding carboxylic acids is 1. The highest BCUT2D eigenvalue weighted by molar-refractivity contribution is 6.31. The van der Waals surface area contributed by atoms with Crippen LogP contribution in [-0.4, -0.2) is 18.1 Å². The zero-order valence-electron chi connectivity index (χ0n) is 12.9. The first-order valence-electron chi connectivity index (χ1n) is 7.17. The maximum absolute atomic E-state index is 13.6. The molecule has 0 amide bonds. The van der Waals surface area contributed by atoms with E-state index in [1.165, 1.54) is 18.2 Å². The number of rotatable bonds is 2. The van der Waals surface area contributed by atoms with Gasteiger partial charge in [-0.2, -0.15) is 13.2 Å². The summed E-state index contributed by atoms with van der Waals surface area (Å²) in [6, 6.07) is 12.6. The normalized spacial score (nSPS) is 11.6. The van der Waals surface area contributed by atoms with Gasteiger partial charge in [0.25, 0.3) is 0 Å². The molecule has 0 saturated carbocycles. The summed E-state index contributed by atoms with van der Waals surface area (Å²) in [4.78, 5) is 15.9. The van der Waals surface area contributed by atoms with Crippen molar-refractivity contribution >= 4 is 28.5 Å². The lowest BCUT2D eigenvalue weighted by Crippen LogP contribution is -2.18. The molecule has 0 atom stereocenters. The minimum absolute atomic E-state index is 0.0863. The number of ether oxygens (including phenoxy) is 1. The largest absolute Gasteiger partial charge is 0.465 e. The van der Waals surface area contributed by atoms with Gasteiger partial charge in [0.05, 0.1) is 18.2 Å². The number of benzene rings is 2. The predicted octanol–water partition coefficient (Wildman–Crippen LogP) is 5.36. The molecule has 3 nitrogen and oxygen atoms in total. The van der Waals surface area contributed by atoms with Crippen LogP contribution in [0, 0.1) is 0 Å². The molecular weight excluding hydrogens is 355 g/mol. The summed E-state index contributed by atoms with van der Waals surface area (Å²) < 4.78 is 45.3. The molecule has 0 fully saturated rings. The molecule has 0 saturated heterocycles. The van der Waals surface area contributed by atoms with Crippen molar-refractivity contribution in [2.75, 3.05) is 7.11 Å². The predicted molar refractivity (Wildman–Crippen MR) is 88.5 cm³/mol. The number of esters is 1. The highest BCUT2D eigenvalue weighted by Gasteiger charge is 2.40. The van der Waals surface area contributed by atoms with Crippen molar-refractivity contribution in [1.29, 1.82) is 0 Å². The number of fused-ring (bicyclic) bond motifs is 1. The summed E-state index contributed by atoms with van der Waals surface area (Å²) in [5.74, 6) is -1.11. The van der Waals surface area contributed by atoms with E-state index in [1.807, 2.05) is 0 Å². The van der Waals surface area contributed by atoms with Crippen molar-refractivity contribution in [3.05, 3.63) is 64.8 Å². The van der Waals surface area contributed by atoms with Crippen LogP contribution < -0.4 is 0 Å². The van der Waals surface area contributed by atoms with Crippen molar-refractivity contribution < 1.29 is 22.7 Å². The van der Waals surface area contributed by atoms with E-state index in [4.69, 9.17) is 11.6 Å². The van der Waals surface area contributed by atoms with Crippen molar-refractivity contribution in [2.24, 2.45) is 0 Å². The van der Waals surface area contributed by atoms with Crippen LogP contribution in [0.25, 0.3) is 22.0 Å². The molecule has 128 valence electrons. The average Bonchev–Trinajstić information content (AvgIpc) is 2.59. The average molecular weight is 366 g/mol. The Morgan fingerprint density at radius 1 is 1.12 bits per heavy atom. The molecule has 0 unspecified atom stereocenters. The lowest BCUT2D eigenvalue weighted by Gasteiger charge is -2.17. The zero-order chi connectivity index (χ0) is 18.2. The van der Waals surface area contributed by atoms with Crippen LogP contribution in [0.2, 0.25) is 5.02 Å². The molecule has 3 rings (SSSR count). The Balaban J connectivity index is 2.54. The molecule has 0 aliphatic rings. The fourth-order valence-corrected chi connectivity index (χ4v) is 2.82. The van der Waals surface area contributed by atoms with Gasteiger partial charge in [-0.1, -0.05) is 41.9 Å². The van der Waals surface area contributed by atoms with Crippen molar-refractivity contribution in [3.8, 4) is 11.1 Å². The van der Waals surface area contributed by atoms with Gasteiger partial charge in [-0.25, -0.2) is 9.78 Å². The van der Waals surface area contributed by atoms with Crippen molar-refractivity contribution in [2.45, 2.75) is 6.18 Å². The SMILES string of the molecule is COC(=O)c1c(C(F)(F)F)nc2ccc(Cl)cc2c1-c1ccccc1. The lowest BCUT2D eigenvalue weighted by atomic mass is 9.94. The number of pyridine rings is 1. The molecule has 0 aliphatic heterocycles.